The molecule has 0 bridgehead atoms. The highest BCUT2D eigenvalue weighted by atomic mass is 16.5. The van der Waals surface area contributed by atoms with E-state index >= 15 is 0 Å². The predicted molar refractivity (Wildman–Crippen MR) is 89.0 cm³/mol. The van der Waals surface area contributed by atoms with Crippen molar-refractivity contribution in [3.8, 4) is 0 Å². The smallest absolute Gasteiger partial charge is 0.317 e. The molecular weight excluding hydrogens is 306 g/mol. The lowest BCUT2D eigenvalue weighted by atomic mass is 9.77. The minimum atomic E-state index is -0.416. The van der Waals surface area contributed by atoms with E-state index in [1.807, 2.05) is 30.3 Å². The Labute approximate surface area is 141 Å². The Morgan fingerprint density at radius 3 is 2.79 bits per heavy atom. The normalized spacial score (nSPS) is 15.6. The van der Waals surface area contributed by atoms with Crippen LogP contribution in [0.5, 0.6) is 0 Å². The van der Waals surface area contributed by atoms with Crippen LogP contribution in [0.3, 0.4) is 0 Å². The van der Waals surface area contributed by atoms with Crippen LogP contribution in [0.1, 0.15) is 36.5 Å². The Hall–Kier alpha value is -2.41. The Morgan fingerprint density at radius 2 is 2.12 bits per heavy atom. The molecule has 3 N–H and O–H groups in total. The summed E-state index contributed by atoms with van der Waals surface area (Å²) in [4.78, 5) is 18.1. The van der Waals surface area contributed by atoms with Gasteiger partial charge in [0.15, 0.2) is 5.82 Å². The van der Waals surface area contributed by atoms with Crippen LogP contribution in [-0.4, -0.2) is 34.7 Å². The second-order valence-corrected chi connectivity index (χ2v) is 6.35. The van der Waals surface area contributed by atoms with Gasteiger partial charge in [-0.1, -0.05) is 35.5 Å². The molecule has 128 valence electrons. The number of carbonyl (C=O) groups excluding carboxylic acids is 1. The number of hydrogen-bond acceptors (Lipinski definition) is 5. The highest BCUT2D eigenvalue weighted by Crippen LogP contribution is 2.36. The Kier molecular flexibility index (Phi) is 4.80. The summed E-state index contributed by atoms with van der Waals surface area (Å²) in [5.41, 5.74) is 6.84. The zero-order chi connectivity index (χ0) is 17.0. The van der Waals surface area contributed by atoms with Crippen LogP contribution in [0.25, 0.3) is 0 Å². The van der Waals surface area contributed by atoms with Crippen molar-refractivity contribution in [2.45, 2.75) is 37.8 Å². The second kappa shape index (κ2) is 7.00. The molecule has 24 heavy (non-hydrogen) atoms. The van der Waals surface area contributed by atoms with Gasteiger partial charge >= 0.3 is 6.03 Å². The van der Waals surface area contributed by atoms with Crippen LogP contribution >= 0.6 is 0 Å². The molecule has 2 aromatic rings. The fourth-order valence-electron chi connectivity index (χ4n) is 2.68. The molecule has 7 nitrogen and oxygen atoms in total. The van der Waals surface area contributed by atoms with Gasteiger partial charge in [0.2, 0.25) is 5.89 Å². The second-order valence-electron chi connectivity index (χ2n) is 6.35. The summed E-state index contributed by atoms with van der Waals surface area (Å²) in [6.45, 7) is 1.00. The number of hydrogen-bond donors (Lipinski definition) is 2. The van der Waals surface area contributed by atoms with Crippen molar-refractivity contribution < 1.29 is 9.32 Å². The molecule has 0 radical (unpaired) electrons. The molecule has 1 aliphatic carbocycles. The van der Waals surface area contributed by atoms with Crippen molar-refractivity contribution in [1.82, 2.24) is 20.4 Å². The number of aromatic nitrogens is 2. The molecule has 1 saturated carbocycles. The van der Waals surface area contributed by atoms with E-state index in [-0.39, 0.29) is 6.03 Å². The van der Waals surface area contributed by atoms with Gasteiger partial charge in [0.1, 0.15) is 0 Å². The largest absolute Gasteiger partial charge is 0.339 e. The Bertz CT molecular complexity index is 681. The standard InChI is InChI=1S/C17H23N5O2/c1-22(12-13-6-3-2-4-7-13)16(23)19-11-8-14-20-15(21-24-14)17(18)9-5-10-17/h2-4,6-7H,5,8-12,18H2,1H3,(H,19,23). The first kappa shape index (κ1) is 16.4. The maximum Gasteiger partial charge on any atom is 0.317 e. The molecule has 0 saturated heterocycles. The average molecular weight is 329 g/mol. The fourth-order valence-corrected chi connectivity index (χ4v) is 2.68. The molecule has 7 heteroatoms. The minimum absolute atomic E-state index is 0.132. The van der Waals surface area contributed by atoms with Crippen LogP contribution in [0.4, 0.5) is 4.79 Å². The number of nitrogens with zero attached hydrogens (tertiary/aromatic N) is 3. The maximum atomic E-state index is 12.1. The van der Waals surface area contributed by atoms with E-state index in [0.29, 0.717) is 31.2 Å². The van der Waals surface area contributed by atoms with Gasteiger partial charge in [-0.3, -0.25) is 0 Å². The third-order valence-corrected chi connectivity index (χ3v) is 4.38. The molecule has 1 aromatic carbocycles. The molecular formula is C17H23N5O2. The van der Waals surface area contributed by atoms with Crippen molar-refractivity contribution in [2.75, 3.05) is 13.6 Å². The highest BCUT2D eigenvalue weighted by Gasteiger charge is 2.38. The highest BCUT2D eigenvalue weighted by molar-refractivity contribution is 5.73. The van der Waals surface area contributed by atoms with Crippen molar-refractivity contribution in [3.05, 3.63) is 47.6 Å². The van der Waals surface area contributed by atoms with Gasteiger partial charge in [-0.2, -0.15) is 4.98 Å². The predicted octanol–water partition coefficient (Wildman–Crippen LogP) is 1.79. The molecule has 0 unspecified atom stereocenters. The SMILES string of the molecule is CN(Cc1ccccc1)C(=O)NCCc1nc(C2(N)CCC2)no1. The number of urea groups is 1. The fraction of sp³-hybridized carbons (Fsp3) is 0.471. The summed E-state index contributed by atoms with van der Waals surface area (Å²) < 4.78 is 5.22. The molecule has 1 aliphatic rings. The van der Waals surface area contributed by atoms with Crippen LogP contribution < -0.4 is 11.1 Å². The summed E-state index contributed by atoms with van der Waals surface area (Å²) in [6, 6.07) is 9.73. The van der Waals surface area contributed by atoms with E-state index in [4.69, 9.17) is 10.3 Å². The molecule has 0 spiro atoms. The lowest BCUT2D eigenvalue weighted by Gasteiger charge is -2.34. The van der Waals surface area contributed by atoms with Crippen molar-refractivity contribution in [3.63, 3.8) is 0 Å². The average Bonchev–Trinajstić information content (AvgIpc) is 3.02. The Morgan fingerprint density at radius 1 is 1.38 bits per heavy atom. The zero-order valence-electron chi connectivity index (χ0n) is 13.9. The Balaban J connectivity index is 1.43. The van der Waals surface area contributed by atoms with E-state index in [1.54, 1.807) is 11.9 Å². The van der Waals surface area contributed by atoms with Crippen molar-refractivity contribution >= 4 is 6.03 Å². The van der Waals surface area contributed by atoms with E-state index < -0.39 is 5.54 Å². The lowest BCUT2D eigenvalue weighted by Crippen LogP contribution is -2.44. The van der Waals surface area contributed by atoms with Gasteiger partial charge in [0, 0.05) is 26.6 Å². The van der Waals surface area contributed by atoms with Crippen molar-refractivity contribution in [1.29, 1.82) is 0 Å². The number of nitrogens with two attached hydrogens (primary N) is 1. The van der Waals surface area contributed by atoms with Gasteiger partial charge in [-0.05, 0) is 24.8 Å². The molecule has 1 fully saturated rings. The van der Waals surface area contributed by atoms with Gasteiger partial charge < -0.3 is 20.5 Å². The quantitative estimate of drug-likeness (QED) is 0.842. The van der Waals surface area contributed by atoms with E-state index in [2.05, 4.69) is 15.5 Å². The topological polar surface area (TPSA) is 97.3 Å². The first-order valence-corrected chi connectivity index (χ1v) is 8.22. The van der Waals surface area contributed by atoms with Crippen molar-refractivity contribution in [2.24, 2.45) is 5.73 Å². The molecule has 0 aliphatic heterocycles. The first-order valence-electron chi connectivity index (χ1n) is 8.22. The molecule has 1 heterocycles. The van der Waals surface area contributed by atoms with Crippen LogP contribution in [0, 0.1) is 0 Å². The third kappa shape index (κ3) is 3.73. The number of amides is 2. The van der Waals surface area contributed by atoms with E-state index in [9.17, 15) is 4.79 Å². The van der Waals surface area contributed by atoms with Gasteiger partial charge in [-0.25, -0.2) is 4.79 Å². The summed E-state index contributed by atoms with van der Waals surface area (Å²) in [5, 5.41) is 6.82. The summed E-state index contributed by atoms with van der Waals surface area (Å²) in [7, 11) is 1.77. The van der Waals surface area contributed by atoms with Crippen LogP contribution in [-0.2, 0) is 18.5 Å². The molecule has 3 rings (SSSR count). The van der Waals surface area contributed by atoms with E-state index in [0.717, 1.165) is 24.8 Å². The minimum Gasteiger partial charge on any atom is -0.339 e. The number of nitrogens with one attached hydrogen (secondary N) is 1. The van der Waals surface area contributed by atoms with Crippen LogP contribution in [0.2, 0.25) is 0 Å². The van der Waals surface area contributed by atoms with Crippen LogP contribution in [0.15, 0.2) is 34.9 Å². The molecule has 0 atom stereocenters. The zero-order valence-corrected chi connectivity index (χ0v) is 13.9. The molecule has 1 aromatic heterocycles. The third-order valence-electron chi connectivity index (χ3n) is 4.38. The molecule has 2 amide bonds. The summed E-state index contributed by atoms with van der Waals surface area (Å²) in [6.07, 6.45) is 3.39. The lowest BCUT2D eigenvalue weighted by molar-refractivity contribution is 0.206. The summed E-state index contributed by atoms with van der Waals surface area (Å²) >= 11 is 0. The monoisotopic (exact) mass is 329 g/mol. The number of rotatable bonds is 6. The number of benzene rings is 1. The van der Waals surface area contributed by atoms with Gasteiger partial charge in [0.05, 0.1) is 5.54 Å². The van der Waals surface area contributed by atoms with E-state index in [1.165, 1.54) is 0 Å². The first-order chi connectivity index (χ1) is 11.6. The van der Waals surface area contributed by atoms with Gasteiger partial charge in [-0.15, -0.1) is 0 Å². The number of carbonyl (C=O) groups is 1. The van der Waals surface area contributed by atoms with Gasteiger partial charge in [0.25, 0.3) is 0 Å². The maximum absolute atomic E-state index is 12.1. The summed E-state index contributed by atoms with van der Waals surface area (Å²) in [5.74, 6) is 1.09.